The monoisotopic (exact) mass is 430 g/mol. The van der Waals surface area contributed by atoms with Crippen LogP contribution in [0.15, 0.2) is 30.6 Å². The third kappa shape index (κ3) is 5.78. The Hall–Kier alpha value is -2.56. The van der Waals surface area contributed by atoms with E-state index in [0.717, 1.165) is 64.6 Å². The largest absolute Gasteiger partial charge is 0.481 e. The van der Waals surface area contributed by atoms with Gasteiger partial charge < -0.3 is 19.5 Å². The molecule has 2 aliphatic heterocycles. The maximum Gasteiger partial charge on any atom is 0.260 e. The third-order valence-corrected chi connectivity index (χ3v) is 5.99. The minimum absolute atomic E-state index is 0.0262. The van der Waals surface area contributed by atoms with E-state index in [2.05, 4.69) is 25.7 Å². The zero-order valence-electron chi connectivity index (χ0n) is 17.9. The van der Waals surface area contributed by atoms with Crippen molar-refractivity contribution in [1.29, 1.82) is 0 Å². The summed E-state index contributed by atoms with van der Waals surface area (Å²) in [6.07, 6.45) is 2.81. The number of amides is 1. The summed E-state index contributed by atoms with van der Waals surface area (Å²) in [6.45, 7) is 8.24. The first kappa shape index (κ1) is 21.7. The number of carbonyl (C=O) groups is 1. The minimum atomic E-state index is -0.598. The van der Waals surface area contributed by atoms with Gasteiger partial charge in [0.1, 0.15) is 12.1 Å². The molecule has 2 fully saturated rings. The number of hydrogen-bond donors (Lipinski definition) is 1. The summed E-state index contributed by atoms with van der Waals surface area (Å²) >= 11 is 0. The van der Waals surface area contributed by atoms with Gasteiger partial charge in [-0.15, -0.1) is 5.10 Å². The van der Waals surface area contributed by atoms with E-state index in [1.807, 2.05) is 12.1 Å². The molecule has 0 aliphatic carbocycles. The van der Waals surface area contributed by atoms with Crippen LogP contribution in [0.25, 0.3) is 5.69 Å². The zero-order valence-corrected chi connectivity index (χ0v) is 17.9. The molecule has 4 rings (SSSR count). The molecule has 0 bridgehead atoms. The summed E-state index contributed by atoms with van der Waals surface area (Å²) in [6, 6.07) is 7.30. The predicted molar refractivity (Wildman–Crippen MR) is 112 cm³/mol. The van der Waals surface area contributed by atoms with Gasteiger partial charge in [-0.1, -0.05) is 0 Å². The van der Waals surface area contributed by atoms with Crippen molar-refractivity contribution in [2.45, 2.75) is 25.9 Å². The van der Waals surface area contributed by atoms with Gasteiger partial charge in [-0.05, 0) is 54.5 Å². The normalized spacial score (nSPS) is 20.2. The van der Waals surface area contributed by atoms with Gasteiger partial charge >= 0.3 is 0 Å². The van der Waals surface area contributed by atoms with Crippen LogP contribution in [0.2, 0.25) is 0 Å². The number of nitrogens with zero attached hydrogens (tertiary/aromatic N) is 5. The molecule has 1 aromatic heterocycles. The van der Waals surface area contributed by atoms with E-state index < -0.39 is 6.10 Å². The molecule has 31 heavy (non-hydrogen) atoms. The van der Waals surface area contributed by atoms with Gasteiger partial charge in [-0.2, -0.15) is 0 Å². The molecule has 1 aromatic carbocycles. The van der Waals surface area contributed by atoms with Crippen molar-refractivity contribution in [3.05, 3.63) is 30.6 Å². The van der Waals surface area contributed by atoms with Crippen molar-refractivity contribution >= 4 is 5.91 Å². The Labute approximate surface area is 181 Å². The SMILES string of the molecule is CC(Oc1ccc(-n2cnnn2)cc1)C(=O)NCC1(CN2CCOCC2)CCOCC1. The highest BCUT2D eigenvalue weighted by atomic mass is 16.5. The second-order valence-electron chi connectivity index (χ2n) is 8.23. The van der Waals surface area contributed by atoms with Gasteiger partial charge in [-0.3, -0.25) is 9.69 Å². The van der Waals surface area contributed by atoms with Crippen LogP contribution in [0.3, 0.4) is 0 Å². The van der Waals surface area contributed by atoms with Gasteiger partial charge in [0.2, 0.25) is 0 Å². The van der Waals surface area contributed by atoms with Crippen molar-refractivity contribution in [3.8, 4) is 11.4 Å². The lowest BCUT2D eigenvalue weighted by atomic mass is 9.79. The fourth-order valence-corrected chi connectivity index (χ4v) is 4.06. The molecule has 0 saturated carbocycles. The second-order valence-corrected chi connectivity index (χ2v) is 8.23. The summed E-state index contributed by atoms with van der Waals surface area (Å²) in [5.74, 6) is 0.506. The van der Waals surface area contributed by atoms with E-state index in [-0.39, 0.29) is 11.3 Å². The van der Waals surface area contributed by atoms with Gasteiger partial charge in [0.25, 0.3) is 5.91 Å². The average Bonchev–Trinajstić information content (AvgIpc) is 3.34. The van der Waals surface area contributed by atoms with Crippen molar-refractivity contribution < 1.29 is 19.0 Å². The van der Waals surface area contributed by atoms with Crippen LogP contribution in [0.4, 0.5) is 0 Å². The number of nitrogens with one attached hydrogen (secondary N) is 1. The maximum atomic E-state index is 12.7. The fraction of sp³-hybridized carbons (Fsp3) is 0.619. The molecule has 1 N–H and O–H groups in total. The first-order valence-electron chi connectivity index (χ1n) is 10.8. The highest BCUT2D eigenvalue weighted by Crippen LogP contribution is 2.31. The Morgan fingerprint density at radius 1 is 1.16 bits per heavy atom. The van der Waals surface area contributed by atoms with Crippen LogP contribution >= 0.6 is 0 Å². The van der Waals surface area contributed by atoms with Crippen LogP contribution < -0.4 is 10.1 Å². The lowest BCUT2D eigenvalue weighted by Crippen LogP contribution is -2.52. The summed E-state index contributed by atoms with van der Waals surface area (Å²) < 4.78 is 18.5. The molecule has 1 unspecified atom stereocenters. The Morgan fingerprint density at radius 3 is 2.55 bits per heavy atom. The lowest BCUT2D eigenvalue weighted by molar-refractivity contribution is -0.128. The summed E-state index contributed by atoms with van der Waals surface area (Å²) in [5, 5.41) is 14.2. The quantitative estimate of drug-likeness (QED) is 0.652. The van der Waals surface area contributed by atoms with Crippen molar-refractivity contribution in [2.24, 2.45) is 5.41 Å². The van der Waals surface area contributed by atoms with Crippen molar-refractivity contribution in [1.82, 2.24) is 30.4 Å². The van der Waals surface area contributed by atoms with E-state index in [9.17, 15) is 4.79 Å². The molecule has 0 radical (unpaired) electrons. The molecule has 10 nitrogen and oxygen atoms in total. The molecule has 2 aromatic rings. The van der Waals surface area contributed by atoms with Gasteiger partial charge in [0.15, 0.2) is 6.10 Å². The average molecular weight is 431 g/mol. The maximum absolute atomic E-state index is 12.7. The molecule has 1 amide bonds. The zero-order chi connectivity index (χ0) is 21.5. The molecule has 10 heteroatoms. The molecule has 2 aliphatic rings. The Morgan fingerprint density at radius 2 is 1.87 bits per heavy atom. The smallest absolute Gasteiger partial charge is 0.260 e. The number of hydrogen-bond acceptors (Lipinski definition) is 8. The third-order valence-electron chi connectivity index (χ3n) is 5.99. The van der Waals surface area contributed by atoms with E-state index in [1.54, 1.807) is 23.7 Å². The Bertz CT molecular complexity index is 817. The molecule has 168 valence electrons. The minimum Gasteiger partial charge on any atom is -0.481 e. The van der Waals surface area contributed by atoms with Crippen LogP contribution in [-0.4, -0.2) is 89.7 Å². The van der Waals surface area contributed by atoms with Gasteiger partial charge in [-0.25, -0.2) is 4.68 Å². The second kappa shape index (κ2) is 10.2. The number of morpholine rings is 1. The number of benzene rings is 1. The van der Waals surface area contributed by atoms with E-state index in [4.69, 9.17) is 14.2 Å². The topological polar surface area (TPSA) is 104 Å². The van der Waals surface area contributed by atoms with Gasteiger partial charge in [0, 0.05) is 44.8 Å². The Kier molecular flexibility index (Phi) is 7.10. The highest BCUT2D eigenvalue weighted by Gasteiger charge is 2.35. The first-order valence-corrected chi connectivity index (χ1v) is 10.8. The first-order chi connectivity index (χ1) is 15.1. The molecule has 3 heterocycles. The number of tetrazole rings is 1. The van der Waals surface area contributed by atoms with Gasteiger partial charge in [0.05, 0.1) is 18.9 Å². The molecule has 1 atom stereocenters. The lowest BCUT2D eigenvalue weighted by Gasteiger charge is -2.42. The van der Waals surface area contributed by atoms with Crippen LogP contribution in [0.5, 0.6) is 5.75 Å². The van der Waals surface area contributed by atoms with Crippen molar-refractivity contribution in [3.63, 3.8) is 0 Å². The predicted octanol–water partition coefficient (Wildman–Crippen LogP) is 0.675. The Balaban J connectivity index is 1.30. The standard InChI is InChI=1S/C21H30N6O4/c1-17(31-19-4-2-18(3-5-19)27-16-23-24-25-27)20(28)22-14-21(6-10-29-11-7-21)15-26-8-12-30-13-9-26/h2-5,16-17H,6-15H2,1H3,(H,22,28). The molecule has 0 spiro atoms. The van der Waals surface area contributed by atoms with Crippen LogP contribution in [-0.2, 0) is 14.3 Å². The van der Waals surface area contributed by atoms with E-state index in [0.29, 0.717) is 12.3 Å². The molecular formula is C21H30N6O4. The van der Waals surface area contributed by atoms with Crippen LogP contribution in [0, 0.1) is 5.41 Å². The fourth-order valence-electron chi connectivity index (χ4n) is 4.06. The van der Waals surface area contributed by atoms with Crippen LogP contribution in [0.1, 0.15) is 19.8 Å². The van der Waals surface area contributed by atoms with E-state index in [1.165, 1.54) is 6.33 Å². The van der Waals surface area contributed by atoms with Crippen molar-refractivity contribution in [2.75, 3.05) is 52.6 Å². The molecule has 2 saturated heterocycles. The number of aromatic nitrogens is 4. The number of ether oxygens (including phenoxy) is 3. The summed E-state index contributed by atoms with van der Waals surface area (Å²) in [4.78, 5) is 15.2. The number of carbonyl (C=O) groups excluding carboxylic acids is 1. The molecular weight excluding hydrogens is 400 g/mol. The summed E-state index contributed by atoms with van der Waals surface area (Å²) in [7, 11) is 0. The van der Waals surface area contributed by atoms with E-state index >= 15 is 0 Å². The summed E-state index contributed by atoms with van der Waals surface area (Å²) in [5.41, 5.74) is 0.845. The highest BCUT2D eigenvalue weighted by molar-refractivity contribution is 5.80. The number of rotatable bonds is 8.